The van der Waals surface area contributed by atoms with E-state index in [-0.39, 0.29) is 12.4 Å². The maximum atomic E-state index is 12.5. The van der Waals surface area contributed by atoms with E-state index < -0.39 is 16.3 Å². The SMILES string of the molecule is CN(C)S(=O)(=O)N1CCN(C[C@H](O)COc2ccc(C(=O)c3ccc(Cl)cc3)cc2)CC1. The highest BCUT2D eigenvalue weighted by atomic mass is 35.5. The average Bonchev–Trinajstić information content (AvgIpc) is 2.78. The second-order valence-corrected chi connectivity index (χ2v) is 10.4. The summed E-state index contributed by atoms with van der Waals surface area (Å²) < 4.78 is 32.6. The summed E-state index contributed by atoms with van der Waals surface area (Å²) in [5.41, 5.74) is 1.09. The molecular weight excluding hydrogens is 454 g/mol. The zero-order valence-electron chi connectivity index (χ0n) is 18.1. The molecule has 0 spiro atoms. The number of hydrogen-bond acceptors (Lipinski definition) is 6. The number of nitrogens with zero attached hydrogens (tertiary/aromatic N) is 3. The Morgan fingerprint density at radius 1 is 1.03 bits per heavy atom. The molecule has 0 aliphatic carbocycles. The van der Waals surface area contributed by atoms with E-state index in [1.807, 2.05) is 4.90 Å². The monoisotopic (exact) mass is 481 g/mol. The molecule has 0 aromatic heterocycles. The lowest BCUT2D eigenvalue weighted by Crippen LogP contribution is -2.53. The van der Waals surface area contributed by atoms with Crippen LogP contribution in [0, 0.1) is 0 Å². The number of aliphatic hydroxyl groups excluding tert-OH is 1. The van der Waals surface area contributed by atoms with E-state index in [0.29, 0.717) is 54.6 Å². The molecule has 0 amide bonds. The Bertz CT molecular complexity index is 1000. The Labute approximate surface area is 194 Å². The van der Waals surface area contributed by atoms with Crippen LogP contribution in [0.4, 0.5) is 0 Å². The molecule has 0 bridgehead atoms. The smallest absolute Gasteiger partial charge is 0.281 e. The van der Waals surface area contributed by atoms with Gasteiger partial charge in [-0.2, -0.15) is 17.0 Å². The molecule has 1 fully saturated rings. The first-order valence-corrected chi connectivity index (χ1v) is 12.1. The van der Waals surface area contributed by atoms with Crippen molar-refractivity contribution in [3.8, 4) is 5.75 Å². The second-order valence-electron chi connectivity index (χ2n) is 7.82. The molecule has 2 aromatic carbocycles. The molecule has 1 N–H and O–H groups in total. The van der Waals surface area contributed by atoms with Crippen molar-refractivity contribution in [2.75, 3.05) is 53.4 Å². The van der Waals surface area contributed by atoms with Crippen LogP contribution < -0.4 is 4.74 Å². The van der Waals surface area contributed by atoms with Crippen molar-refractivity contribution in [3.05, 3.63) is 64.7 Å². The maximum absolute atomic E-state index is 12.5. The van der Waals surface area contributed by atoms with Gasteiger partial charge >= 0.3 is 0 Å². The number of hydrogen-bond donors (Lipinski definition) is 1. The summed E-state index contributed by atoms with van der Waals surface area (Å²) in [4.78, 5) is 14.5. The van der Waals surface area contributed by atoms with Gasteiger partial charge in [0, 0.05) is 63.0 Å². The fraction of sp³-hybridized carbons (Fsp3) is 0.409. The summed E-state index contributed by atoms with van der Waals surface area (Å²) in [6, 6.07) is 13.5. The third-order valence-corrected chi connectivity index (χ3v) is 7.45. The molecule has 1 aliphatic heterocycles. The lowest BCUT2D eigenvalue weighted by molar-refractivity contribution is 0.0564. The Hall–Kier alpha value is -2.01. The van der Waals surface area contributed by atoms with Crippen LogP contribution in [0.15, 0.2) is 48.5 Å². The number of rotatable bonds is 9. The predicted octanol–water partition coefficient (Wildman–Crippen LogP) is 1.73. The van der Waals surface area contributed by atoms with Gasteiger partial charge in [-0.1, -0.05) is 11.6 Å². The number of benzene rings is 2. The fourth-order valence-electron chi connectivity index (χ4n) is 3.39. The first-order valence-electron chi connectivity index (χ1n) is 10.3. The minimum Gasteiger partial charge on any atom is -0.491 e. The first kappa shape index (κ1) is 24.6. The van der Waals surface area contributed by atoms with Crippen molar-refractivity contribution in [2.24, 2.45) is 0 Å². The Morgan fingerprint density at radius 2 is 1.56 bits per heavy atom. The van der Waals surface area contributed by atoms with Gasteiger partial charge in [0.1, 0.15) is 18.5 Å². The van der Waals surface area contributed by atoms with Gasteiger partial charge in [0.2, 0.25) is 0 Å². The summed E-state index contributed by atoms with van der Waals surface area (Å²) in [5, 5.41) is 10.9. The largest absolute Gasteiger partial charge is 0.491 e. The van der Waals surface area contributed by atoms with Crippen LogP contribution >= 0.6 is 11.6 Å². The zero-order chi connectivity index (χ0) is 23.3. The van der Waals surface area contributed by atoms with Gasteiger partial charge in [-0.05, 0) is 48.5 Å². The quantitative estimate of drug-likeness (QED) is 0.549. The van der Waals surface area contributed by atoms with Crippen molar-refractivity contribution in [1.29, 1.82) is 0 Å². The first-order chi connectivity index (χ1) is 15.2. The molecule has 10 heteroatoms. The van der Waals surface area contributed by atoms with Gasteiger partial charge in [-0.25, -0.2) is 0 Å². The highest BCUT2D eigenvalue weighted by molar-refractivity contribution is 7.86. The van der Waals surface area contributed by atoms with Crippen LogP contribution in [0.1, 0.15) is 15.9 Å². The molecule has 1 heterocycles. The van der Waals surface area contributed by atoms with Gasteiger partial charge in [0.25, 0.3) is 10.2 Å². The van der Waals surface area contributed by atoms with Crippen LogP contribution in [0.2, 0.25) is 5.02 Å². The number of β-amino-alcohol motifs (C(OH)–C–C–N with tert-alkyl or cyclic N) is 1. The lowest BCUT2D eigenvalue weighted by atomic mass is 10.0. The molecule has 2 aromatic rings. The van der Waals surface area contributed by atoms with Crippen molar-refractivity contribution in [3.63, 3.8) is 0 Å². The van der Waals surface area contributed by atoms with Crippen molar-refractivity contribution >= 4 is 27.6 Å². The third kappa shape index (κ3) is 6.28. The molecule has 1 aliphatic rings. The van der Waals surface area contributed by atoms with Crippen LogP contribution in [0.3, 0.4) is 0 Å². The second kappa shape index (κ2) is 10.7. The lowest BCUT2D eigenvalue weighted by Gasteiger charge is -2.35. The molecular formula is C22H28ClN3O5S. The molecule has 3 rings (SSSR count). The van der Waals surface area contributed by atoms with Crippen molar-refractivity contribution in [1.82, 2.24) is 13.5 Å². The molecule has 0 radical (unpaired) electrons. The standard InChI is InChI=1S/C22H28ClN3O5S/c1-24(2)32(29,30)26-13-11-25(12-14-26)15-20(27)16-31-21-9-5-18(6-10-21)22(28)17-3-7-19(23)8-4-17/h3-10,20,27H,11-16H2,1-2H3/t20-/m0/s1. The minimum atomic E-state index is -3.40. The highest BCUT2D eigenvalue weighted by Crippen LogP contribution is 2.18. The van der Waals surface area contributed by atoms with E-state index in [0.717, 1.165) is 0 Å². The van der Waals surface area contributed by atoms with Gasteiger partial charge < -0.3 is 9.84 Å². The summed E-state index contributed by atoms with van der Waals surface area (Å²) in [6.07, 6.45) is -0.720. The topological polar surface area (TPSA) is 90.4 Å². The van der Waals surface area contributed by atoms with E-state index in [1.54, 1.807) is 48.5 Å². The van der Waals surface area contributed by atoms with E-state index in [2.05, 4.69) is 0 Å². The summed E-state index contributed by atoms with van der Waals surface area (Å²) in [6.45, 7) is 2.36. The van der Waals surface area contributed by atoms with Crippen molar-refractivity contribution < 1.29 is 23.1 Å². The molecule has 8 nitrogen and oxygen atoms in total. The van der Waals surface area contributed by atoms with Gasteiger partial charge in [-0.15, -0.1) is 0 Å². The van der Waals surface area contributed by atoms with Crippen LogP contribution in [0.5, 0.6) is 5.75 Å². The molecule has 0 saturated carbocycles. The Kier molecular flexibility index (Phi) is 8.26. The van der Waals surface area contributed by atoms with E-state index in [9.17, 15) is 18.3 Å². The molecule has 174 valence electrons. The number of ketones is 1. The number of ether oxygens (including phenoxy) is 1. The van der Waals surface area contributed by atoms with E-state index in [1.165, 1.54) is 22.7 Å². The molecule has 1 atom stereocenters. The number of piperazine rings is 1. The Balaban J connectivity index is 1.45. The van der Waals surface area contributed by atoms with Crippen LogP contribution in [-0.2, 0) is 10.2 Å². The van der Waals surface area contributed by atoms with Gasteiger partial charge in [0.15, 0.2) is 5.78 Å². The fourth-order valence-corrected chi connectivity index (χ4v) is 4.60. The number of carbonyl (C=O) groups excluding carboxylic acids is 1. The number of halogens is 1. The van der Waals surface area contributed by atoms with Gasteiger partial charge in [0.05, 0.1) is 0 Å². The number of carbonyl (C=O) groups is 1. The number of aliphatic hydroxyl groups is 1. The third-order valence-electron chi connectivity index (χ3n) is 5.25. The van der Waals surface area contributed by atoms with Gasteiger partial charge in [-0.3, -0.25) is 9.69 Å². The molecule has 1 saturated heterocycles. The molecule has 32 heavy (non-hydrogen) atoms. The Morgan fingerprint density at radius 3 is 2.09 bits per heavy atom. The minimum absolute atomic E-state index is 0.0979. The van der Waals surface area contributed by atoms with Crippen LogP contribution in [0.25, 0.3) is 0 Å². The normalized spacial score (nSPS) is 16.8. The van der Waals surface area contributed by atoms with E-state index >= 15 is 0 Å². The van der Waals surface area contributed by atoms with Crippen LogP contribution in [-0.4, -0.2) is 92.3 Å². The zero-order valence-corrected chi connectivity index (χ0v) is 19.7. The van der Waals surface area contributed by atoms with Crippen molar-refractivity contribution in [2.45, 2.75) is 6.10 Å². The summed E-state index contributed by atoms with van der Waals surface area (Å²) >= 11 is 5.86. The van der Waals surface area contributed by atoms with E-state index in [4.69, 9.17) is 16.3 Å². The average molecular weight is 482 g/mol. The summed E-state index contributed by atoms with van der Waals surface area (Å²) in [5.74, 6) is 0.447. The maximum Gasteiger partial charge on any atom is 0.281 e. The summed E-state index contributed by atoms with van der Waals surface area (Å²) in [7, 11) is -0.371. The predicted molar refractivity (Wildman–Crippen MR) is 123 cm³/mol. The highest BCUT2D eigenvalue weighted by Gasteiger charge is 2.29. The molecule has 0 unspecified atom stereocenters.